The number of carbonyl (C=O) groups is 2. The Labute approximate surface area is 161 Å². The molecule has 150 valence electrons. The minimum Gasteiger partial charge on any atom is -0.450 e. The second-order valence-electron chi connectivity index (χ2n) is 8.57. The molecule has 3 saturated heterocycles. The topological polar surface area (TPSA) is 71.1 Å². The Morgan fingerprint density at radius 1 is 1.37 bits per heavy atom. The fraction of sp³-hybridized carbons (Fsp3) is 0.800. The number of piperidine rings is 1. The summed E-state index contributed by atoms with van der Waals surface area (Å²) in [6, 6.07) is 0.491. The Balaban J connectivity index is 1.43. The van der Waals surface area contributed by atoms with E-state index in [-0.39, 0.29) is 35.9 Å². The van der Waals surface area contributed by atoms with E-state index in [1.807, 2.05) is 11.8 Å². The van der Waals surface area contributed by atoms with Crippen LogP contribution in [0.3, 0.4) is 0 Å². The fourth-order valence-corrected chi connectivity index (χ4v) is 5.42. The first kappa shape index (κ1) is 18.4. The average Bonchev–Trinajstić information content (AvgIpc) is 3.09. The smallest absolute Gasteiger partial charge is 0.410 e. The highest BCUT2D eigenvalue weighted by molar-refractivity contribution is 5.71. The van der Waals surface area contributed by atoms with Gasteiger partial charge < -0.3 is 19.7 Å². The first-order chi connectivity index (χ1) is 12.9. The van der Waals surface area contributed by atoms with Crippen LogP contribution in [-0.2, 0) is 9.47 Å². The van der Waals surface area contributed by atoms with Gasteiger partial charge in [-0.05, 0) is 31.8 Å². The summed E-state index contributed by atoms with van der Waals surface area (Å²) in [5.74, 6) is 0.353. The van der Waals surface area contributed by atoms with Crippen molar-refractivity contribution in [1.82, 2.24) is 15.1 Å². The SMILES string of the molecule is CCOC(=O)N1C2C=C(N3CCC4(CC3)OC(=O)NC4C(C)C)CC1CC2. The van der Waals surface area contributed by atoms with Crippen LogP contribution < -0.4 is 5.32 Å². The van der Waals surface area contributed by atoms with Crippen LogP contribution in [0.4, 0.5) is 9.59 Å². The number of nitrogens with zero attached hydrogens (tertiary/aromatic N) is 2. The van der Waals surface area contributed by atoms with Crippen molar-refractivity contribution in [2.24, 2.45) is 5.92 Å². The molecule has 7 heteroatoms. The molecule has 4 heterocycles. The van der Waals surface area contributed by atoms with Crippen LogP contribution in [0.25, 0.3) is 0 Å². The Bertz CT molecular complexity index is 639. The Morgan fingerprint density at radius 2 is 2.11 bits per heavy atom. The van der Waals surface area contributed by atoms with E-state index in [1.165, 1.54) is 5.70 Å². The van der Waals surface area contributed by atoms with Gasteiger partial charge in [-0.1, -0.05) is 13.8 Å². The highest BCUT2D eigenvalue weighted by Gasteiger charge is 2.52. The molecule has 0 saturated carbocycles. The molecule has 2 bridgehead atoms. The number of rotatable bonds is 3. The minimum absolute atomic E-state index is 0.0861. The molecule has 0 aromatic rings. The summed E-state index contributed by atoms with van der Waals surface area (Å²) in [6.07, 6.45) is 6.46. The Kier molecular flexibility index (Phi) is 4.72. The number of hydrogen-bond acceptors (Lipinski definition) is 5. The van der Waals surface area contributed by atoms with Crippen LogP contribution in [0, 0.1) is 5.92 Å². The second kappa shape index (κ2) is 6.91. The third kappa shape index (κ3) is 3.15. The van der Waals surface area contributed by atoms with E-state index >= 15 is 0 Å². The third-order valence-corrected chi connectivity index (χ3v) is 6.67. The van der Waals surface area contributed by atoms with Crippen molar-refractivity contribution < 1.29 is 19.1 Å². The zero-order chi connectivity index (χ0) is 19.2. The number of alkyl carbamates (subject to hydrolysis) is 1. The molecule has 3 atom stereocenters. The normalized spacial score (nSPS) is 31.8. The van der Waals surface area contributed by atoms with Gasteiger partial charge in [0.2, 0.25) is 0 Å². The summed E-state index contributed by atoms with van der Waals surface area (Å²) in [6.45, 7) is 8.33. The molecule has 4 rings (SSSR count). The molecule has 0 aromatic heterocycles. The van der Waals surface area contributed by atoms with Crippen molar-refractivity contribution in [3.8, 4) is 0 Å². The molecular weight excluding hydrogens is 346 g/mol. The molecule has 0 radical (unpaired) electrons. The van der Waals surface area contributed by atoms with Gasteiger partial charge in [-0.15, -0.1) is 0 Å². The van der Waals surface area contributed by atoms with Gasteiger partial charge in [0.25, 0.3) is 0 Å². The van der Waals surface area contributed by atoms with Gasteiger partial charge in [0, 0.05) is 44.1 Å². The van der Waals surface area contributed by atoms with Crippen molar-refractivity contribution in [1.29, 1.82) is 0 Å². The lowest BCUT2D eigenvalue weighted by Crippen LogP contribution is -2.54. The van der Waals surface area contributed by atoms with Crippen LogP contribution in [-0.4, -0.2) is 65.4 Å². The lowest BCUT2D eigenvalue weighted by Gasteiger charge is -2.45. The Morgan fingerprint density at radius 3 is 2.74 bits per heavy atom. The maximum absolute atomic E-state index is 12.2. The van der Waals surface area contributed by atoms with Crippen LogP contribution >= 0.6 is 0 Å². The molecule has 1 spiro atoms. The van der Waals surface area contributed by atoms with E-state index in [1.54, 1.807) is 0 Å². The van der Waals surface area contributed by atoms with E-state index in [4.69, 9.17) is 9.47 Å². The Hall–Kier alpha value is -1.92. The van der Waals surface area contributed by atoms with E-state index in [0.29, 0.717) is 12.5 Å². The van der Waals surface area contributed by atoms with Crippen LogP contribution in [0.2, 0.25) is 0 Å². The van der Waals surface area contributed by atoms with Crippen LogP contribution in [0.5, 0.6) is 0 Å². The summed E-state index contributed by atoms with van der Waals surface area (Å²) in [5.41, 5.74) is 0.976. The number of fused-ring (bicyclic) bond motifs is 2. The van der Waals surface area contributed by atoms with Gasteiger partial charge in [-0.3, -0.25) is 4.90 Å². The first-order valence-corrected chi connectivity index (χ1v) is 10.3. The van der Waals surface area contributed by atoms with Gasteiger partial charge in [0.1, 0.15) is 5.60 Å². The summed E-state index contributed by atoms with van der Waals surface area (Å²) < 4.78 is 11.0. The van der Waals surface area contributed by atoms with Crippen LogP contribution in [0.15, 0.2) is 11.8 Å². The largest absolute Gasteiger partial charge is 0.450 e. The summed E-state index contributed by atoms with van der Waals surface area (Å²) in [4.78, 5) is 28.5. The van der Waals surface area contributed by atoms with E-state index in [9.17, 15) is 9.59 Å². The minimum atomic E-state index is -0.368. The quantitative estimate of drug-likeness (QED) is 0.819. The predicted octanol–water partition coefficient (Wildman–Crippen LogP) is 2.86. The second-order valence-corrected chi connectivity index (χ2v) is 8.57. The fourth-order valence-electron chi connectivity index (χ4n) is 5.42. The number of amides is 2. The number of likely N-dealkylation sites (tertiary alicyclic amines) is 1. The summed E-state index contributed by atoms with van der Waals surface area (Å²) in [7, 11) is 0. The van der Waals surface area contributed by atoms with Gasteiger partial charge >= 0.3 is 12.2 Å². The lowest BCUT2D eigenvalue weighted by atomic mass is 9.79. The number of nitrogens with one attached hydrogen (secondary N) is 1. The molecule has 7 nitrogen and oxygen atoms in total. The molecule has 0 aromatic carbocycles. The molecule has 0 aliphatic carbocycles. The van der Waals surface area contributed by atoms with Crippen molar-refractivity contribution in [3.63, 3.8) is 0 Å². The molecule has 1 N–H and O–H groups in total. The first-order valence-electron chi connectivity index (χ1n) is 10.3. The van der Waals surface area contributed by atoms with E-state index in [0.717, 1.165) is 45.2 Å². The van der Waals surface area contributed by atoms with Crippen molar-refractivity contribution >= 4 is 12.2 Å². The highest BCUT2D eigenvalue weighted by atomic mass is 16.6. The molecule has 3 unspecified atom stereocenters. The van der Waals surface area contributed by atoms with Gasteiger partial charge in [0.05, 0.1) is 18.7 Å². The van der Waals surface area contributed by atoms with Gasteiger partial charge in [-0.25, -0.2) is 9.59 Å². The number of hydrogen-bond donors (Lipinski definition) is 1. The summed E-state index contributed by atoms with van der Waals surface area (Å²) in [5, 5.41) is 3.01. The standard InChI is InChI=1S/C20H31N3O4/c1-4-26-19(25)23-14-5-6-15(23)12-16(11-14)22-9-7-20(8-10-22)17(13(2)3)21-18(24)27-20/h11,13-15,17H,4-10,12H2,1-3H3,(H,21,24). The number of ether oxygens (including phenoxy) is 2. The molecule has 3 fully saturated rings. The lowest BCUT2D eigenvalue weighted by molar-refractivity contribution is -0.0217. The predicted molar refractivity (Wildman–Crippen MR) is 100 cm³/mol. The molecule has 4 aliphatic rings. The van der Waals surface area contributed by atoms with E-state index in [2.05, 4.69) is 30.1 Å². The maximum Gasteiger partial charge on any atom is 0.410 e. The van der Waals surface area contributed by atoms with E-state index < -0.39 is 0 Å². The molecular formula is C20H31N3O4. The summed E-state index contributed by atoms with van der Waals surface area (Å²) >= 11 is 0. The average molecular weight is 377 g/mol. The molecule has 27 heavy (non-hydrogen) atoms. The number of carbonyl (C=O) groups excluding carboxylic acids is 2. The van der Waals surface area contributed by atoms with Crippen molar-refractivity contribution in [3.05, 3.63) is 11.8 Å². The van der Waals surface area contributed by atoms with Crippen LogP contribution in [0.1, 0.15) is 52.9 Å². The van der Waals surface area contributed by atoms with Crippen molar-refractivity contribution in [2.45, 2.75) is 76.6 Å². The zero-order valence-electron chi connectivity index (χ0n) is 16.6. The zero-order valence-corrected chi connectivity index (χ0v) is 16.6. The van der Waals surface area contributed by atoms with Gasteiger partial charge in [0.15, 0.2) is 0 Å². The molecule has 2 amide bonds. The van der Waals surface area contributed by atoms with Crippen molar-refractivity contribution in [2.75, 3.05) is 19.7 Å². The maximum atomic E-state index is 12.2. The highest BCUT2D eigenvalue weighted by Crippen LogP contribution is 2.41. The monoisotopic (exact) mass is 377 g/mol. The molecule has 4 aliphatic heterocycles. The van der Waals surface area contributed by atoms with Gasteiger partial charge in [-0.2, -0.15) is 0 Å². The third-order valence-electron chi connectivity index (χ3n) is 6.67.